The summed E-state index contributed by atoms with van der Waals surface area (Å²) in [6, 6.07) is 3.20. The number of fused-ring (bicyclic) bond motifs is 1. The molecular formula is C18H21N2O4S+. The Morgan fingerprint density at radius 3 is 3.00 bits per heavy atom. The van der Waals surface area contributed by atoms with E-state index in [0.29, 0.717) is 16.5 Å². The number of esters is 1. The normalized spacial score (nSPS) is 16.2. The maximum Gasteiger partial charge on any atom is 0.341 e. The van der Waals surface area contributed by atoms with Crippen LogP contribution in [0.15, 0.2) is 24.5 Å². The fourth-order valence-corrected chi connectivity index (χ4v) is 4.51. The predicted molar refractivity (Wildman–Crippen MR) is 93.8 cm³/mol. The number of rotatable bonds is 4. The second-order valence-corrected chi connectivity index (χ2v) is 7.44. The van der Waals surface area contributed by atoms with E-state index in [0.717, 1.165) is 29.7 Å². The molecular weight excluding hydrogens is 340 g/mol. The minimum Gasteiger partial charge on any atom is -0.503 e. The highest BCUT2D eigenvalue weighted by atomic mass is 32.1. The Morgan fingerprint density at radius 1 is 1.48 bits per heavy atom. The van der Waals surface area contributed by atoms with Crippen LogP contribution >= 0.6 is 11.3 Å². The van der Waals surface area contributed by atoms with Gasteiger partial charge in [-0.05, 0) is 36.8 Å². The zero-order valence-corrected chi connectivity index (χ0v) is 15.1. The lowest BCUT2D eigenvalue weighted by Crippen LogP contribution is -2.39. The van der Waals surface area contributed by atoms with Gasteiger partial charge in [-0.15, -0.1) is 11.3 Å². The van der Waals surface area contributed by atoms with Gasteiger partial charge < -0.3 is 15.2 Å². The van der Waals surface area contributed by atoms with Crippen molar-refractivity contribution in [3.63, 3.8) is 0 Å². The molecule has 0 aromatic carbocycles. The molecule has 2 heterocycles. The molecule has 0 unspecified atom stereocenters. The molecule has 0 fully saturated rings. The molecule has 6 nitrogen and oxygen atoms in total. The molecule has 2 aromatic rings. The van der Waals surface area contributed by atoms with Crippen molar-refractivity contribution in [3.05, 3.63) is 40.5 Å². The van der Waals surface area contributed by atoms with Gasteiger partial charge in [0, 0.05) is 10.9 Å². The van der Waals surface area contributed by atoms with E-state index in [-0.39, 0.29) is 18.2 Å². The number of aromatic nitrogens is 1. The number of hydrogen-bond donors (Lipinski definition) is 2. The first kappa shape index (κ1) is 17.4. The highest BCUT2D eigenvalue weighted by Gasteiger charge is 2.29. The minimum atomic E-state index is -0.410. The van der Waals surface area contributed by atoms with Gasteiger partial charge in [0.05, 0.1) is 12.7 Å². The van der Waals surface area contributed by atoms with Crippen molar-refractivity contribution in [1.82, 2.24) is 0 Å². The number of ether oxygens (including phenoxy) is 1. The number of carbonyl (C=O) groups is 2. The number of nitrogens with one attached hydrogen (secondary N) is 1. The van der Waals surface area contributed by atoms with E-state index in [9.17, 15) is 14.7 Å². The maximum absolute atomic E-state index is 12.4. The van der Waals surface area contributed by atoms with Crippen LogP contribution < -0.4 is 9.88 Å². The summed E-state index contributed by atoms with van der Waals surface area (Å²) in [6.07, 6.45) is 5.94. The minimum absolute atomic E-state index is 0.0496. The average Bonchev–Trinajstić information content (AvgIpc) is 2.90. The molecule has 2 aromatic heterocycles. The first-order chi connectivity index (χ1) is 12.0. The Bertz CT molecular complexity index is 815. The predicted octanol–water partition coefficient (Wildman–Crippen LogP) is 2.29. The highest BCUT2D eigenvalue weighted by molar-refractivity contribution is 7.17. The number of hydrogen-bond acceptors (Lipinski definition) is 5. The monoisotopic (exact) mass is 361 g/mol. The zero-order chi connectivity index (χ0) is 18.0. The van der Waals surface area contributed by atoms with E-state index in [1.54, 1.807) is 16.8 Å². The van der Waals surface area contributed by atoms with Crippen LogP contribution in [0, 0.1) is 5.92 Å². The lowest BCUT2D eigenvalue weighted by Gasteiger charge is -2.18. The molecule has 2 N–H and O–H groups in total. The summed E-state index contributed by atoms with van der Waals surface area (Å²) >= 11 is 1.46. The lowest BCUT2D eigenvalue weighted by atomic mass is 9.88. The third-order valence-electron chi connectivity index (χ3n) is 4.32. The Balaban J connectivity index is 1.84. The molecule has 132 valence electrons. The second-order valence-electron chi connectivity index (χ2n) is 6.33. The van der Waals surface area contributed by atoms with Crippen LogP contribution in [-0.2, 0) is 28.9 Å². The fourth-order valence-electron chi connectivity index (χ4n) is 3.10. The third-order valence-corrected chi connectivity index (χ3v) is 5.49. The van der Waals surface area contributed by atoms with Crippen LogP contribution in [0.25, 0.3) is 0 Å². The molecule has 0 aliphatic heterocycles. The summed E-state index contributed by atoms with van der Waals surface area (Å²) in [5, 5.41) is 12.9. The van der Waals surface area contributed by atoms with Crippen LogP contribution in [0.3, 0.4) is 0 Å². The van der Waals surface area contributed by atoms with Crippen molar-refractivity contribution in [2.45, 2.75) is 32.7 Å². The molecule has 0 spiro atoms. The number of amides is 1. The van der Waals surface area contributed by atoms with Gasteiger partial charge in [0.25, 0.3) is 5.91 Å². The summed E-state index contributed by atoms with van der Waals surface area (Å²) in [5.74, 6) is -0.00562. The van der Waals surface area contributed by atoms with Crippen molar-refractivity contribution in [3.8, 4) is 5.75 Å². The summed E-state index contributed by atoms with van der Waals surface area (Å²) in [4.78, 5) is 25.8. The molecule has 0 saturated carbocycles. The Kier molecular flexibility index (Phi) is 5.03. The molecule has 1 aliphatic rings. The number of methoxy groups -OCH3 is 1. The Labute approximate surface area is 150 Å². The van der Waals surface area contributed by atoms with Gasteiger partial charge in [0.15, 0.2) is 11.9 Å². The number of anilines is 1. The van der Waals surface area contributed by atoms with Gasteiger partial charge in [0.1, 0.15) is 5.00 Å². The Hall–Kier alpha value is -2.41. The molecule has 0 radical (unpaired) electrons. The van der Waals surface area contributed by atoms with E-state index in [1.165, 1.54) is 30.7 Å². The van der Waals surface area contributed by atoms with Gasteiger partial charge in [-0.3, -0.25) is 4.79 Å². The molecule has 0 saturated heterocycles. The number of nitrogens with zero attached hydrogens (tertiary/aromatic N) is 1. The molecule has 7 heteroatoms. The van der Waals surface area contributed by atoms with Crippen LogP contribution in [0.2, 0.25) is 0 Å². The van der Waals surface area contributed by atoms with E-state index >= 15 is 0 Å². The first-order valence-electron chi connectivity index (χ1n) is 8.18. The number of carbonyl (C=O) groups excluding carboxylic acids is 2. The van der Waals surface area contributed by atoms with Gasteiger partial charge in [0.2, 0.25) is 12.7 Å². The largest absolute Gasteiger partial charge is 0.503 e. The van der Waals surface area contributed by atoms with Crippen LogP contribution in [-0.4, -0.2) is 24.1 Å². The van der Waals surface area contributed by atoms with Gasteiger partial charge >= 0.3 is 5.97 Å². The van der Waals surface area contributed by atoms with Crippen molar-refractivity contribution < 1.29 is 24.0 Å². The maximum atomic E-state index is 12.4. The molecule has 25 heavy (non-hydrogen) atoms. The summed E-state index contributed by atoms with van der Waals surface area (Å²) in [6.45, 7) is 2.24. The Morgan fingerprint density at radius 2 is 2.28 bits per heavy atom. The molecule has 3 rings (SSSR count). The number of thiophene rings is 1. The third kappa shape index (κ3) is 3.82. The van der Waals surface area contributed by atoms with Gasteiger partial charge in [-0.25, -0.2) is 4.79 Å². The average molecular weight is 361 g/mol. The quantitative estimate of drug-likeness (QED) is 0.647. The topological polar surface area (TPSA) is 79.5 Å². The summed E-state index contributed by atoms with van der Waals surface area (Å²) < 4.78 is 6.50. The van der Waals surface area contributed by atoms with E-state index < -0.39 is 5.97 Å². The van der Waals surface area contributed by atoms with Crippen molar-refractivity contribution in [2.75, 3.05) is 12.4 Å². The standard InChI is InChI=1S/C18H20N2O4S/c1-11-5-6-13-14(8-11)25-17(16(13)18(23)24-2)19-15(22)10-20-7-3-4-12(21)9-20/h3-4,7,9,11H,5-6,8,10H2,1-2H3,(H-,19,21,22,23)/p+1/t11-/m0/s1. The summed E-state index contributed by atoms with van der Waals surface area (Å²) in [7, 11) is 1.35. The van der Waals surface area contributed by atoms with E-state index in [4.69, 9.17) is 4.74 Å². The number of pyridine rings is 1. The molecule has 0 bridgehead atoms. The molecule has 1 amide bonds. The van der Waals surface area contributed by atoms with Crippen molar-refractivity contribution in [1.29, 1.82) is 0 Å². The van der Waals surface area contributed by atoms with E-state index in [1.807, 2.05) is 0 Å². The van der Waals surface area contributed by atoms with Crippen LogP contribution in [0.5, 0.6) is 5.75 Å². The van der Waals surface area contributed by atoms with Crippen LogP contribution in [0.4, 0.5) is 5.00 Å². The molecule has 1 atom stereocenters. The van der Waals surface area contributed by atoms with Crippen molar-refractivity contribution in [2.24, 2.45) is 5.92 Å². The summed E-state index contributed by atoms with van der Waals surface area (Å²) in [5.41, 5.74) is 1.50. The van der Waals surface area contributed by atoms with Gasteiger partial charge in [-0.2, -0.15) is 4.57 Å². The van der Waals surface area contributed by atoms with Gasteiger partial charge in [-0.1, -0.05) is 6.92 Å². The van der Waals surface area contributed by atoms with E-state index in [2.05, 4.69) is 12.2 Å². The number of aromatic hydroxyl groups is 1. The zero-order valence-electron chi connectivity index (χ0n) is 14.2. The molecule has 1 aliphatic carbocycles. The highest BCUT2D eigenvalue weighted by Crippen LogP contribution is 2.39. The lowest BCUT2D eigenvalue weighted by molar-refractivity contribution is -0.684. The van der Waals surface area contributed by atoms with Crippen LogP contribution in [0.1, 0.15) is 34.1 Å². The van der Waals surface area contributed by atoms with Crippen molar-refractivity contribution >= 4 is 28.2 Å². The smallest absolute Gasteiger partial charge is 0.341 e. The first-order valence-corrected chi connectivity index (χ1v) is 9.00. The second kappa shape index (κ2) is 7.23. The SMILES string of the molecule is COC(=O)c1c(NC(=O)C[n+]2cccc(O)c2)sc2c1CC[C@H](C)C2. The fraction of sp³-hybridized carbons (Fsp3) is 0.389.